The number of nitrogens with zero attached hydrogens (tertiary/aromatic N) is 6. The molecule has 0 aromatic carbocycles. The average Bonchev–Trinajstić information content (AvgIpc) is 3.23. The molecule has 6 rings (SSSR count). The third kappa shape index (κ3) is 5.02. The summed E-state index contributed by atoms with van der Waals surface area (Å²) in [5.41, 5.74) is -4.39. The summed E-state index contributed by atoms with van der Waals surface area (Å²) in [4.78, 5) is 2.13. The van der Waals surface area contributed by atoms with Gasteiger partial charge in [-0.15, -0.1) is 0 Å². The van der Waals surface area contributed by atoms with E-state index < -0.39 is 17.3 Å². The number of aromatic nitrogens is 4. The SMILES string of the molecule is Cn1cc(C(O)NCC#Cc2nn3c(NC45CCN(C6(C#N)COC6)CC4C5)cccc3c2SC(F)(F)F)cn1. The van der Waals surface area contributed by atoms with Gasteiger partial charge in [0.2, 0.25) is 0 Å². The second kappa shape index (κ2) is 9.98. The topological polar surface area (TPSA) is 116 Å². The van der Waals surface area contributed by atoms with Crippen molar-refractivity contribution in [2.24, 2.45) is 13.0 Å². The average molecular weight is 573 g/mol. The van der Waals surface area contributed by atoms with Crippen molar-refractivity contribution in [2.75, 3.05) is 38.2 Å². The number of aliphatic hydroxyl groups is 1. The number of piperidine rings is 1. The lowest BCUT2D eigenvalue weighted by atomic mass is 9.92. The lowest BCUT2D eigenvalue weighted by molar-refractivity contribution is -0.114. The Morgan fingerprint density at radius 3 is 2.83 bits per heavy atom. The Labute approximate surface area is 232 Å². The van der Waals surface area contributed by atoms with Crippen molar-refractivity contribution in [2.45, 2.75) is 40.6 Å². The van der Waals surface area contributed by atoms with E-state index >= 15 is 0 Å². The fourth-order valence-electron chi connectivity index (χ4n) is 5.51. The molecule has 10 nitrogen and oxygen atoms in total. The summed E-state index contributed by atoms with van der Waals surface area (Å²) in [7, 11) is 1.73. The molecule has 5 heterocycles. The standard InChI is InChI=1S/C26H27F3N8O2S/c1-35-12-17(11-32-35)23(38)31-8-3-4-19-22(40-26(27,28)29)20-5-2-6-21(37(20)34-19)33-25-7-9-36(13-18(25)10-25)24(14-30)15-39-16-24/h2,5-6,11-12,18,23,31,33,38H,7-10,13,15-16H2,1H3. The summed E-state index contributed by atoms with van der Waals surface area (Å²) in [6.07, 6.45) is 3.86. The molecule has 3 unspecified atom stereocenters. The molecule has 3 aromatic heterocycles. The Bertz CT molecular complexity index is 1530. The number of alkyl halides is 3. The summed E-state index contributed by atoms with van der Waals surface area (Å²) < 4.78 is 48.9. The van der Waals surface area contributed by atoms with Gasteiger partial charge in [0.25, 0.3) is 0 Å². The molecule has 0 radical (unpaired) electrons. The minimum absolute atomic E-state index is 0.00912. The van der Waals surface area contributed by atoms with Gasteiger partial charge in [0, 0.05) is 37.4 Å². The van der Waals surface area contributed by atoms with Crippen molar-refractivity contribution in [1.82, 2.24) is 29.6 Å². The molecule has 0 amide bonds. The Balaban J connectivity index is 1.21. The molecule has 0 spiro atoms. The van der Waals surface area contributed by atoms with Crippen LogP contribution in [0.4, 0.5) is 19.0 Å². The second-order valence-electron chi connectivity index (χ2n) is 10.5. The number of pyridine rings is 1. The maximum Gasteiger partial charge on any atom is 0.446 e. The van der Waals surface area contributed by atoms with Gasteiger partial charge in [-0.1, -0.05) is 12.0 Å². The molecule has 1 saturated carbocycles. The molecular weight excluding hydrogens is 545 g/mol. The number of likely N-dealkylation sites (tertiary alicyclic amines) is 1. The molecule has 3 fully saturated rings. The summed E-state index contributed by atoms with van der Waals surface area (Å²) >= 11 is -0.237. The maximum atomic E-state index is 13.5. The van der Waals surface area contributed by atoms with E-state index in [1.54, 1.807) is 36.1 Å². The van der Waals surface area contributed by atoms with Crippen LogP contribution in [0.1, 0.15) is 30.3 Å². The molecule has 3 aromatic rings. The molecule has 2 aliphatic heterocycles. The number of hydrogen-bond donors (Lipinski definition) is 3. The number of aryl methyl sites for hydroxylation is 1. The van der Waals surface area contributed by atoms with E-state index in [9.17, 15) is 23.5 Å². The van der Waals surface area contributed by atoms with E-state index in [0.29, 0.717) is 36.0 Å². The van der Waals surface area contributed by atoms with Crippen LogP contribution in [0.25, 0.3) is 5.52 Å². The van der Waals surface area contributed by atoms with E-state index in [2.05, 4.69) is 43.6 Å². The quantitative estimate of drug-likeness (QED) is 0.223. The van der Waals surface area contributed by atoms with Gasteiger partial charge in [-0.25, -0.2) is 4.52 Å². The monoisotopic (exact) mass is 572 g/mol. The minimum Gasteiger partial charge on any atom is -0.375 e. The van der Waals surface area contributed by atoms with Crippen molar-refractivity contribution >= 4 is 23.1 Å². The van der Waals surface area contributed by atoms with Crippen molar-refractivity contribution in [3.63, 3.8) is 0 Å². The van der Waals surface area contributed by atoms with Crippen LogP contribution in [0.2, 0.25) is 0 Å². The molecule has 14 heteroatoms. The number of halogens is 3. The molecule has 0 bridgehead atoms. The summed E-state index contributed by atoms with van der Waals surface area (Å²) in [5, 5.41) is 34.7. The van der Waals surface area contributed by atoms with Crippen LogP contribution < -0.4 is 10.6 Å². The predicted molar refractivity (Wildman–Crippen MR) is 140 cm³/mol. The lowest BCUT2D eigenvalue weighted by Gasteiger charge is -2.47. The number of aliphatic hydroxyl groups excluding tert-OH is 1. The molecule has 210 valence electrons. The van der Waals surface area contributed by atoms with Gasteiger partial charge < -0.3 is 15.2 Å². The van der Waals surface area contributed by atoms with Crippen LogP contribution in [0.5, 0.6) is 0 Å². The number of hydrogen-bond acceptors (Lipinski definition) is 9. The minimum atomic E-state index is -4.52. The largest absolute Gasteiger partial charge is 0.446 e. The first-order chi connectivity index (χ1) is 19.1. The van der Waals surface area contributed by atoms with Gasteiger partial charge in [0.1, 0.15) is 17.7 Å². The summed E-state index contributed by atoms with van der Waals surface area (Å²) in [6, 6.07) is 7.52. The number of rotatable bonds is 7. The molecule has 1 aliphatic carbocycles. The highest BCUT2D eigenvalue weighted by molar-refractivity contribution is 8.00. The normalized spacial score (nSPS) is 24.4. The Hall–Kier alpha value is -3.27. The smallest absolute Gasteiger partial charge is 0.375 e. The lowest BCUT2D eigenvalue weighted by Crippen LogP contribution is -2.63. The van der Waals surface area contributed by atoms with E-state index in [4.69, 9.17) is 4.74 Å². The highest BCUT2D eigenvalue weighted by atomic mass is 32.2. The van der Waals surface area contributed by atoms with Crippen molar-refractivity contribution in [1.29, 1.82) is 5.26 Å². The first kappa shape index (κ1) is 26.9. The van der Waals surface area contributed by atoms with Gasteiger partial charge in [0.05, 0.1) is 42.4 Å². The zero-order valence-electron chi connectivity index (χ0n) is 21.6. The van der Waals surface area contributed by atoms with Crippen molar-refractivity contribution in [3.05, 3.63) is 41.9 Å². The molecule has 3 atom stereocenters. The fraction of sp³-hybridized carbons (Fsp3) is 0.500. The van der Waals surface area contributed by atoms with Crippen LogP contribution in [0, 0.1) is 29.1 Å². The van der Waals surface area contributed by atoms with Gasteiger partial charge in [-0.2, -0.15) is 28.6 Å². The second-order valence-corrected chi connectivity index (χ2v) is 11.6. The first-order valence-electron chi connectivity index (χ1n) is 12.8. The predicted octanol–water partition coefficient (Wildman–Crippen LogP) is 2.48. The Morgan fingerprint density at radius 2 is 2.17 bits per heavy atom. The number of anilines is 1. The van der Waals surface area contributed by atoms with Gasteiger partial charge in [0.15, 0.2) is 5.54 Å². The van der Waals surface area contributed by atoms with Crippen LogP contribution in [-0.2, 0) is 11.8 Å². The van der Waals surface area contributed by atoms with Crippen LogP contribution in [-0.4, -0.2) is 78.8 Å². The molecular formula is C26H27F3N8O2S. The van der Waals surface area contributed by atoms with Gasteiger partial charge >= 0.3 is 5.51 Å². The number of nitrogens with one attached hydrogen (secondary N) is 2. The maximum absolute atomic E-state index is 13.5. The van der Waals surface area contributed by atoms with E-state index in [1.807, 2.05) is 0 Å². The van der Waals surface area contributed by atoms with E-state index in [1.165, 1.54) is 10.7 Å². The molecule has 40 heavy (non-hydrogen) atoms. The third-order valence-corrected chi connectivity index (χ3v) is 8.67. The van der Waals surface area contributed by atoms with Gasteiger partial charge in [-0.3, -0.25) is 14.9 Å². The summed E-state index contributed by atoms with van der Waals surface area (Å²) in [5.74, 6) is 6.45. The van der Waals surface area contributed by atoms with Crippen LogP contribution in [0.15, 0.2) is 35.5 Å². The van der Waals surface area contributed by atoms with E-state index in [0.717, 1.165) is 25.9 Å². The molecule has 3 aliphatic rings. The summed E-state index contributed by atoms with van der Waals surface area (Å²) in [6.45, 7) is 2.37. The number of nitriles is 1. The van der Waals surface area contributed by atoms with Crippen molar-refractivity contribution in [3.8, 4) is 17.9 Å². The fourth-order valence-corrected chi connectivity index (χ4v) is 6.19. The number of thioether (sulfide) groups is 1. The first-order valence-corrected chi connectivity index (χ1v) is 13.6. The highest BCUT2D eigenvalue weighted by Gasteiger charge is 2.60. The zero-order valence-corrected chi connectivity index (χ0v) is 22.4. The molecule has 3 N–H and O–H groups in total. The van der Waals surface area contributed by atoms with Gasteiger partial charge in [-0.05, 0) is 48.6 Å². The number of fused-ring (bicyclic) bond motifs is 2. The zero-order chi connectivity index (χ0) is 28.1. The van der Waals surface area contributed by atoms with Crippen molar-refractivity contribution < 1.29 is 23.0 Å². The Kier molecular flexibility index (Phi) is 6.71. The van der Waals surface area contributed by atoms with Crippen LogP contribution in [0.3, 0.4) is 0 Å². The molecule has 2 saturated heterocycles. The number of ether oxygens (including phenoxy) is 1. The third-order valence-electron chi connectivity index (χ3n) is 7.83. The Morgan fingerprint density at radius 1 is 1.35 bits per heavy atom. The highest BCUT2D eigenvalue weighted by Crippen LogP contribution is 2.53. The van der Waals surface area contributed by atoms with Crippen LogP contribution >= 0.6 is 11.8 Å². The van der Waals surface area contributed by atoms with E-state index in [-0.39, 0.29) is 34.4 Å².